The highest BCUT2D eigenvalue weighted by molar-refractivity contribution is 7.10. The van der Waals surface area contributed by atoms with Gasteiger partial charge in [-0.15, -0.1) is 11.3 Å². The second-order valence-electron chi connectivity index (χ2n) is 6.94. The predicted molar refractivity (Wildman–Crippen MR) is 95.9 cm³/mol. The molecular weight excluding hydrogens is 306 g/mol. The fourth-order valence-corrected chi connectivity index (χ4v) is 4.95. The third-order valence-corrected chi connectivity index (χ3v) is 6.08. The van der Waals surface area contributed by atoms with Gasteiger partial charge in [-0.05, 0) is 57.1 Å². The summed E-state index contributed by atoms with van der Waals surface area (Å²) in [7, 11) is 0. The maximum Gasteiger partial charge on any atom is 0.315 e. The topological polar surface area (TPSA) is 44.4 Å². The zero-order chi connectivity index (χ0) is 16.1. The van der Waals surface area contributed by atoms with Gasteiger partial charge in [-0.2, -0.15) is 0 Å². The molecule has 1 aromatic rings. The Kier molecular flexibility index (Phi) is 5.95. The van der Waals surface area contributed by atoms with Gasteiger partial charge in [0.2, 0.25) is 0 Å². The van der Waals surface area contributed by atoms with Gasteiger partial charge in [0.15, 0.2) is 0 Å². The van der Waals surface area contributed by atoms with E-state index in [1.807, 2.05) is 0 Å². The molecule has 1 saturated heterocycles. The molecule has 4 nitrogen and oxygen atoms in total. The van der Waals surface area contributed by atoms with Crippen molar-refractivity contribution in [3.63, 3.8) is 0 Å². The van der Waals surface area contributed by atoms with Crippen LogP contribution in [0.3, 0.4) is 0 Å². The molecule has 0 aromatic carbocycles. The number of hydrogen-bond donors (Lipinski definition) is 2. The van der Waals surface area contributed by atoms with Crippen LogP contribution in [-0.2, 0) is 0 Å². The summed E-state index contributed by atoms with van der Waals surface area (Å²) in [4.78, 5) is 16.3. The molecule has 1 saturated carbocycles. The first-order chi connectivity index (χ1) is 11.2. The first kappa shape index (κ1) is 16.8. The minimum Gasteiger partial charge on any atom is -0.335 e. The van der Waals surface area contributed by atoms with Crippen LogP contribution in [0.25, 0.3) is 0 Å². The number of hydrogen-bond acceptors (Lipinski definition) is 3. The fraction of sp³-hybridized carbons (Fsp3) is 0.722. The molecule has 5 heteroatoms. The number of carbonyl (C=O) groups is 1. The van der Waals surface area contributed by atoms with E-state index < -0.39 is 0 Å². The van der Waals surface area contributed by atoms with E-state index >= 15 is 0 Å². The van der Waals surface area contributed by atoms with Gasteiger partial charge in [0, 0.05) is 17.0 Å². The highest BCUT2D eigenvalue weighted by Crippen LogP contribution is 2.31. The molecule has 0 bridgehead atoms. The summed E-state index contributed by atoms with van der Waals surface area (Å²) in [6.45, 7) is 4.42. The van der Waals surface area contributed by atoms with Gasteiger partial charge in [0.1, 0.15) is 0 Å². The van der Waals surface area contributed by atoms with Crippen LogP contribution in [0.15, 0.2) is 17.5 Å². The highest BCUT2D eigenvalue weighted by Gasteiger charge is 2.30. The molecule has 0 spiro atoms. The van der Waals surface area contributed by atoms with Gasteiger partial charge in [-0.3, -0.25) is 4.90 Å². The molecule has 2 N–H and O–H groups in total. The Labute approximate surface area is 143 Å². The Bertz CT molecular complexity index is 478. The van der Waals surface area contributed by atoms with Crippen LogP contribution < -0.4 is 10.6 Å². The van der Waals surface area contributed by atoms with Gasteiger partial charge >= 0.3 is 6.03 Å². The number of thiophene rings is 1. The number of likely N-dealkylation sites (tertiary alicyclic amines) is 1. The van der Waals surface area contributed by atoms with E-state index in [-0.39, 0.29) is 12.1 Å². The third-order valence-electron chi connectivity index (χ3n) is 5.14. The van der Waals surface area contributed by atoms with Crippen molar-refractivity contribution >= 4 is 17.4 Å². The molecule has 2 atom stereocenters. The second kappa shape index (κ2) is 8.15. The Balaban J connectivity index is 1.59. The second-order valence-corrected chi connectivity index (χ2v) is 7.92. The number of urea groups is 1. The summed E-state index contributed by atoms with van der Waals surface area (Å²) >= 11 is 1.80. The third kappa shape index (κ3) is 4.48. The van der Waals surface area contributed by atoms with E-state index in [9.17, 15) is 4.79 Å². The lowest BCUT2D eigenvalue weighted by Gasteiger charge is -2.33. The number of carbonyl (C=O) groups excluding carboxylic acids is 1. The van der Waals surface area contributed by atoms with E-state index in [1.165, 1.54) is 37.0 Å². The van der Waals surface area contributed by atoms with Crippen LogP contribution in [0.4, 0.5) is 4.79 Å². The molecule has 2 amide bonds. The minimum atomic E-state index is 0.00477. The Hall–Kier alpha value is -1.07. The highest BCUT2D eigenvalue weighted by atomic mass is 32.1. The summed E-state index contributed by atoms with van der Waals surface area (Å²) in [6, 6.07) is 5.10. The molecule has 3 rings (SSSR count). The largest absolute Gasteiger partial charge is 0.335 e. The van der Waals surface area contributed by atoms with Crippen molar-refractivity contribution in [1.29, 1.82) is 0 Å². The minimum absolute atomic E-state index is 0.00477. The van der Waals surface area contributed by atoms with Crippen LogP contribution >= 0.6 is 11.3 Å². The van der Waals surface area contributed by atoms with E-state index in [2.05, 4.69) is 40.0 Å². The quantitative estimate of drug-likeness (QED) is 0.857. The number of rotatable bonds is 5. The lowest BCUT2D eigenvalue weighted by Crippen LogP contribution is -2.50. The standard InChI is InChI=1S/C18H29N3OS/c1-14(19-18(22)20-15-8-3-2-4-9-15)17(16-10-7-13-23-16)21-11-5-6-12-21/h7,10,13-15,17H,2-6,8-9,11-12H2,1H3,(H2,19,20,22)/t14-,17-/m0/s1. The van der Waals surface area contributed by atoms with Crippen molar-refractivity contribution in [3.8, 4) is 0 Å². The van der Waals surface area contributed by atoms with Crippen molar-refractivity contribution in [1.82, 2.24) is 15.5 Å². The lowest BCUT2D eigenvalue weighted by atomic mass is 9.96. The molecule has 2 aliphatic rings. The molecule has 0 unspecified atom stereocenters. The van der Waals surface area contributed by atoms with Crippen molar-refractivity contribution in [2.24, 2.45) is 0 Å². The molecule has 2 heterocycles. The van der Waals surface area contributed by atoms with Crippen LogP contribution in [0, 0.1) is 0 Å². The Morgan fingerprint density at radius 2 is 1.96 bits per heavy atom. The normalized spacial score (nSPS) is 22.7. The maximum atomic E-state index is 12.4. The zero-order valence-electron chi connectivity index (χ0n) is 14.1. The molecule has 23 heavy (non-hydrogen) atoms. The predicted octanol–water partition coefficient (Wildman–Crippen LogP) is 3.91. The molecule has 128 valence electrons. The van der Waals surface area contributed by atoms with Crippen LogP contribution in [0.2, 0.25) is 0 Å². The fourth-order valence-electron chi connectivity index (χ4n) is 3.98. The van der Waals surface area contributed by atoms with E-state index in [4.69, 9.17) is 0 Å². The van der Waals surface area contributed by atoms with E-state index in [0.717, 1.165) is 25.9 Å². The van der Waals surface area contributed by atoms with Gasteiger partial charge < -0.3 is 10.6 Å². The first-order valence-electron chi connectivity index (χ1n) is 9.08. The number of nitrogens with zero attached hydrogens (tertiary/aromatic N) is 1. The van der Waals surface area contributed by atoms with Crippen LogP contribution in [0.1, 0.15) is 62.8 Å². The van der Waals surface area contributed by atoms with Crippen LogP contribution in [0.5, 0.6) is 0 Å². The van der Waals surface area contributed by atoms with Gasteiger partial charge in [0.25, 0.3) is 0 Å². The molecule has 0 radical (unpaired) electrons. The van der Waals surface area contributed by atoms with Crippen molar-refractivity contribution in [2.75, 3.05) is 13.1 Å². The van der Waals surface area contributed by atoms with Crippen molar-refractivity contribution in [2.45, 2.75) is 70.0 Å². The first-order valence-corrected chi connectivity index (χ1v) is 9.96. The summed E-state index contributed by atoms with van der Waals surface area (Å²) in [5, 5.41) is 8.51. The molecule has 1 aliphatic heterocycles. The lowest BCUT2D eigenvalue weighted by molar-refractivity contribution is 0.192. The zero-order valence-corrected chi connectivity index (χ0v) is 14.9. The SMILES string of the molecule is C[C@H](NC(=O)NC1CCCCC1)[C@@H](c1cccs1)N1CCCC1. The van der Waals surface area contributed by atoms with Gasteiger partial charge in [0.05, 0.1) is 6.04 Å². The van der Waals surface area contributed by atoms with Crippen molar-refractivity contribution < 1.29 is 4.79 Å². The summed E-state index contributed by atoms with van der Waals surface area (Å²) < 4.78 is 0. The molecule has 1 aromatic heterocycles. The molecule has 2 fully saturated rings. The number of nitrogens with one attached hydrogen (secondary N) is 2. The summed E-state index contributed by atoms with van der Waals surface area (Å²) in [6.07, 6.45) is 8.58. The summed E-state index contributed by atoms with van der Waals surface area (Å²) in [5.41, 5.74) is 0. The average Bonchev–Trinajstić information content (AvgIpc) is 3.22. The average molecular weight is 336 g/mol. The van der Waals surface area contributed by atoms with Crippen molar-refractivity contribution in [3.05, 3.63) is 22.4 Å². The Morgan fingerprint density at radius 1 is 1.22 bits per heavy atom. The maximum absolute atomic E-state index is 12.4. The van der Waals surface area contributed by atoms with E-state index in [0.29, 0.717) is 12.1 Å². The monoisotopic (exact) mass is 335 g/mol. The van der Waals surface area contributed by atoms with Gasteiger partial charge in [-0.1, -0.05) is 25.3 Å². The number of amides is 2. The van der Waals surface area contributed by atoms with E-state index in [1.54, 1.807) is 11.3 Å². The van der Waals surface area contributed by atoms with Gasteiger partial charge in [-0.25, -0.2) is 4.79 Å². The molecule has 1 aliphatic carbocycles. The van der Waals surface area contributed by atoms with Crippen LogP contribution in [-0.4, -0.2) is 36.1 Å². The smallest absolute Gasteiger partial charge is 0.315 e. The Morgan fingerprint density at radius 3 is 2.61 bits per heavy atom. The summed E-state index contributed by atoms with van der Waals surface area (Å²) in [5.74, 6) is 0. The molecular formula is C18H29N3OS.